The molecule has 3 aromatic rings. The first-order valence-corrected chi connectivity index (χ1v) is 9.59. The van der Waals surface area contributed by atoms with E-state index < -0.39 is 0 Å². The highest BCUT2D eigenvalue weighted by molar-refractivity contribution is 5.78. The lowest BCUT2D eigenvalue weighted by Crippen LogP contribution is -2.07. The standard InChI is InChI=1S/C24H26N2O3/c1-17(27)14-19-6-4-7-20(15-19)21-8-5-9-24(26-21)25-13-12-18-10-11-22(28-2)23(16-18)29-3/h4-11,15-16H,12-14H2,1-3H3,(H,25,26). The Labute approximate surface area is 171 Å². The van der Waals surface area contributed by atoms with Crippen molar-refractivity contribution in [1.82, 2.24) is 4.98 Å². The van der Waals surface area contributed by atoms with E-state index in [9.17, 15) is 4.79 Å². The zero-order valence-corrected chi connectivity index (χ0v) is 17.1. The Hall–Kier alpha value is -3.34. The number of hydrogen-bond acceptors (Lipinski definition) is 5. The molecule has 0 saturated heterocycles. The second kappa shape index (κ2) is 9.73. The van der Waals surface area contributed by atoms with Gasteiger partial charge in [-0.3, -0.25) is 4.79 Å². The molecule has 2 aromatic carbocycles. The predicted molar refractivity (Wildman–Crippen MR) is 116 cm³/mol. The van der Waals surface area contributed by atoms with E-state index in [1.54, 1.807) is 21.1 Å². The molecule has 0 aliphatic heterocycles. The zero-order valence-electron chi connectivity index (χ0n) is 17.1. The fourth-order valence-corrected chi connectivity index (χ4v) is 3.19. The van der Waals surface area contributed by atoms with Gasteiger partial charge >= 0.3 is 0 Å². The van der Waals surface area contributed by atoms with Gasteiger partial charge in [-0.15, -0.1) is 0 Å². The van der Waals surface area contributed by atoms with Gasteiger partial charge in [-0.25, -0.2) is 4.98 Å². The fraction of sp³-hybridized carbons (Fsp3) is 0.250. The maximum absolute atomic E-state index is 11.4. The van der Waals surface area contributed by atoms with Crippen molar-refractivity contribution in [3.8, 4) is 22.8 Å². The van der Waals surface area contributed by atoms with Crippen LogP contribution >= 0.6 is 0 Å². The number of nitrogens with zero attached hydrogens (tertiary/aromatic N) is 1. The minimum atomic E-state index is 0.153. The van der Waals surface area contributed by atoms with Crippen molar-refractivity contribution in [1.29, 1.82) is 0 Å². The molecule has 0 radical (unpaired) electrons. The lowest BCUT2D eigenvalue weighted by Gasteiger charge is -2.11. The number of ether oxygens (including phenoxy) is 2. The number of Topliss-reactive ketones (excluding diaryl/α,β-unsaturated/α-hetero) is 1. The molecule has 1 N–H and O–H groups in total. The maximum atomic E-state index is 11.4. The Balaban J connectivity index is 1.65. The van der Waals surface area contributed by atoms with E-state index >= 15 is 0 Å². The number of ketones is 1. The van der Waals surface area contributed by atoms with Gasteiger partial charge in [-0.2, -0.15) is 0 Å². The van der Waals surface area contributed by atoms with Gasteiger partial charge in [0, 0.05) is 18.5 Å². The Kier molecular flexibility index (Phi) is 6.85. The molecule has 150 valence electrons. The molecule has 3 rings (SSSR count). The normalized spacial score (nSPS) is 10.4. The van der Waals surface area contributed by atoms with Gasteiger partial charge in [0.05, 0.1) is 19.9 Å². The van der Waals surface area contributed by atoms with Crippen molar-refractivity contribution in [3.05, 3.63) is 71.8 Å². The highest BCUT2D eigenvalue weighted by Crippen LogP contribution is 2.27. The number of rotatable bonds is 9. The highest BCUT2D eigenvalue weighted by Gasteiger charge is 2.06. The number of methoxy groups -OCH3 is 2. The molecule has 0 bridgehead atoms. The number of anilines is 1. The van der Waals surface area contributed by atoms with Crippen LogP contribution in [0.3, 0.4) is 0 Å². The van der Waals surface area contributed by atoms with Crippen molar-refractivity contribution < 1.29 is 14.3 Å². The van der Waals surface area contributed by atoms with Crippen LogP contribution in [0.25, 0.3) is 11.3 Å². The SMILES string of the molecule is COc1ccc(CCNc2cccc(-c3cccc(CC(C)=O)c3)n2)cc1OC. The van der Waals surface area contributed by atoms with Gasteiger partial charge in [0.25, 0.3) is 0 Å². The number of nitrogens with one attached hydrogen (secondary N) is 1. The molecule has 1 heterocycles. The third-order valence-electron chi connectivity index (χ3n) is 4.59. The Morgan fingerprint density at radius 1 is 0.931 bits per heavy atom. The van der Waals surface area contributed by atoms with E-state index in [1.165, 1.54) is 0 Å². The van der Waals surface area contributed by atoms with Gasteiger partial charge in [0.1, 0.15) is 11.6 Å². The van der Waals surface area contributed by atoms with Crippen molar-refractivity contribution in [2.45, 2.75) is 19.8 Å². The van der Waals surface area contributed by atoms with Crippen LogP contribution in [0.1, 0.15) is 18.1 Å². The monoisotopic (exact) mass is 390 g/mol. The molecule has 0 aliphatic rings. The van der Waals surface area contributed by atoms with Crippen LogP contribution in [0.4, 0.5) is 5.82 Å². The van der Waals surface area contributed by atoms with Crippen LogP contribution < -0.4 is 14.8 Å². The van der Waals surface area contributed by atoms with E-state index in [0.29, 0.717) is 6.42 Å². The summed E-state index contributed by atoms with van der Waals surface area (Å²) in [5.74, 6) is 2.43. The topological polar surface area (TPSA) is 60.5 Å². The Morgan fingerprint density at radius 2 is 1.72 bits per heavy atom. The molecular weight excluding hydrogens is 364 g/mol. The molecule has 0 fully saturated rings. The summed E-state index contributed by atoms with van der Waals surface area (Å²) < 4.78 is 10.6. The van der Waals surface area contributed by atoms with E-state index in [0.717, 1.165) is 52.7 Å². The molecule has 5 heteroatoms. The molecular formula is C24H26N2O3. The quantitative estimate of drug-likeness (QED) is 0.581. The second-order valence-corrected chi connectivity index (χ2v) is 6.85. The molecule has 0 spiro atoms. The van der Waals surface area contributed by atoms with Crippen molar-refractivity contribution in [2.24, 2.45) is 0 Å². The summed E-state index contributed by atoms with van der Waals surface area (Å²) in [5, 5.41) is 3.38. The summed E-state index contributed by atoms with van der Waals surface area (Å²) in [7, 11) is 3.27. The van der Waals surface area contributed by atoms with Crippen LogP contribution in [0, 0.1) is 0 Å². The highest BCUT2D eigenvalue weighted by atomic mass is 16.5. The summed E-state index contributed by atoms with van der Waals surface area (Å²) in [6.07, 6.45) is 1.28. The molecule has 0 saturated carbocycles. The number of hydrogen-bond donors (Lipinski definition) is 1. The predicted octanol–water partition coefficient (Wildman–Crippen LogP) is 4.55. The first kappa shape index (κ1) is 20.4. The Bertz CT molecular complexity index is 985. The van der Waals surface area contributed by atoms with E-state index in [-0.39, 0.29) is 5.78 Å². The molecule has 29 heavy (non-hydrogen) atoms. The number of carbonyl (C=O) groups excluding carboxylic acids is 1. The summed E-state index contributed by atoms with van der Waals surface area (Å²) >= 11 is 0. The summed E-state index contributed by atoms with van der Waals surface area (Å²) in [5.41, 5.74) is 4.05. The van der Waals surface area contributed by atoms with E-state index in [2.05, 4.69) is 5.32 Å². The molecule has 1 aromatic heterocycles. The van der Waals surface area contributed by atoms with Crippen LogP contribution in [0.15, 0.2) is 60.7 Å². The van der Waals surface area contributed by atoms with Crippen LogP contribution in [0.5, 0.6) is 11.5 Å². The second-order valence-electron chi connectivity index (χ2n) is 6.85. The molecule has 0 aliphatic carbocycles. The van der Waals surface area contributed by atoms with Gasteiger partial charge in [0.15, 0.2) is 11.5 Å². The van der Waals surface area contributed by atoms with Gasteiger partial charge in [-0.05, 0) is 54.8 Å². The smallest absolute Gasteiger partial charge is 0.160 e. The minimum absolute atomic E-state index is 0.153. The summed E-state index contributed by atoms with van der Waals surface area (Å²) in [4.78, 5) is 16.1. The van der Waals surface area contributed by atoms with Gasteiger partial charge in [0.2, 0.25) is 0 Å². The largest absolute Gasteiger partial charge is 0.493 e. The number of pyridine rings is 1. The lowest BCUT2D eigenvalue weighted by atomic mass is 10.0. The zero-order chi connectivity index (χ0) is 20.6. The average Bonchev–Trinajstić information content (AvgIpc) is 2.73. The molecule has 0 amide bonds. The van der Waals surface area contributed by atoms with Crippen molar-refractivity contribution in [3.63, 3.8) is 0 Å². The summed E-state index contributed by atoms with van der Waals surface area (Å²) in [6, 6.07) is 19.8. The van der Waals surface area contributed by atoms with Crippen molar-refractivity contribution in [2.75, 3.05) is 26.1 Å². The van der Waals surface area contributed by atoms with Gasteiger partial charge < -0.3 is 14.8 Å². The molecule has 0 atom stereocenters. The first-order chi connectivity index (χ1) is 14.1. The van der Waals surface area contributed by atoms with Crippen molar-refractivity contribution >= 4 is 11.6 Å². The summed E-state index contributed by atoms with van der Waals surface area (Å²) in [6.45, 7) is 2.35. The minimum Gasteiger partial charge on any atom is -0.493 e. The molecule has 0 unspecified atom stereocenters. The maximum Gasteiger partial charge on any atom is 0.160 e. The van der Waals surface area contributed by atoms with Gasteiger partial charge in [-0.1, -0.05) is 30.3 Å². The first-order valence-electron chi connectivity index (χ1n) is 9.59. The van der Waals surface area contributed by atoms with E-state index in [4.69, 9.17) is 14.5 Å². The number of benzene rings is 2. The number of carbonyl (C=O) groups is 1. The third kappa shape index (κ3) is 5.57. The Morgan fingerprint density at radius 3 is 2.48 bits per heavy atom. The van der Waals surface area contributed by atoms with Crippen LogP contribution in [-0.2, 0) is 17.6 Å². The third-order valence-corrected chi connectivity index (χ3v) is 4.59. The fourth-order valence-electron chi connectivity index (χ4n) is 3.19. The van der Waals surface area contributed by atoms with Crippen LogP contribution in [-0.4, -0.2) is 31.5 Å². The van der Waals surface area contributed by atoms with E-state index in [1.807, 2.05) is 60.7 Å². The number of aromatic nitrogens is 1. The lowest BCUT2D eigenvalue weighted by molar-refractivity contribution is -0.116. The van der Waals surface area contributed by atoms with Crippen LogP contribution in [0.2, 0.25) is 0 Å². The average molecular weight is 390 g/mol. The molecule has 5 nitrogen and oxygen atoms in total.